The molecule has 6 rings (SSSR count). The van der Waals surface area contributed by atoms with E-state index in [1.54, 1.807) is 41.4 Å². The molecular weight excluding hydrogens is 530 g/mol. The maximum absolute atomic E-state index is 15.1. The van der Waals surface area contributed by atoms with Crippen molar-refractivity contribution in [3.05, 3.63) is 88.7 Å². The van der Waals surface area contributed by atoms with Crippen molar-refractivity contribution in [2.24, 2.45) is 0 Å². The van der Waals surface area contributed by atoms with Crippen molar-refractivity contribution in [2.75, 3.05) is 18.0 Å². The van der Waals surface area contributed by atoms with Crippen LogP contribution in [0, 0.1) is 11.6 Å². The lowest BCUT2D eigenvalue weighted by Crippen LogP contribution is -2.33. The highest BCUT2D eigenvalue weighted by Crippen LogP contribution is 2.31. The second-order valence-electron chi connectivity index (χ2n) is 8.86. The second-order valence-corrected chi connectivity index (χ2v) is 9.77. The maximum atomic E-state index is 15.1. The van der Waals surface area contributed by atoms with Gasteiger partial charge in [-0.1, -0.05) is 0 Å². The fourth-order valence-corrected chi connectivity index (χ4v) is 5.04. The van der Waals surface area contributed by atoms with Crippen molar-refractivity contribution in [3.63, 3.8) is 0 Å². The molecule has 182 valence electrons. The first-order valence-corrected chi connectivity index (χ1v) is 12.4. The molecule has 1 aliphatic rings. The lowest BCUT2D eigenvalue weighted by atomic mass is 9.90. The Morgan fingerprint density at radius 1 is 0.972 bits per heavy atom. The van der Waals surface area contributed by atoms with Crippen LogP contribution in [0.3, 0.4) is 0 Å². The maximum Gasteiger partial charge on any atom is 0.149 e. The van der Waals surface area contributed by atoms with Crippen LogP contribution >= 0.6 is 15.9 Å². The zero-order valence-corrected chi connectivity index (χ0v) is 20.7. The first-order valence-electron chi connectivity index (χ1n) is 11.6. The fourth-order valence-electron chi connectivity index (χ4n) is 4.80. The topological polar surface area (TPSA) is 77.5 Å². The molecule has 36 heavy (non-hydrogen) atoms. The normalized spacial score (nSPS) is 14.6. The Hall–Kier alpha value is -3.73. The Balaban J connectivity index is 1.17. The molecule has 1 aliphatic heterocycles. The zero-order chi connectivity index (χ0) is 24.6. The van der Waals surface area contributed by atoms with E-state index >= 15 is 4.39 Å². The van der Waals surface area contributed by atoms with Gasteiger partial charge in [-0.2, -0.15) is 0 Å². The van der Waals surface area contributed by atoms with E-state index in [4.69, 9.17) is 0 Å². The predicted molar refractivity (Wildman–Crippen MR) is 134 cm³/mol. The molecule has 1 saturated heterocycles. The summed E-state index contributed by atoms with van der Waals surface area (Å²) in [6.07, 6.45) is 8.49. The Kier molecular flexibility index (Phi) is 5.92. The van der Waals surface area contributed by atoms with Gasteiger partial charge in [-0.3, -0.25) is 4.98 Å². The highest BCUT2D eigenvalue weighted by molar-refractivity contribution is 9.10. The van der Waals surface area contributed by atoms with Crippen LogP contribution in [0.25, 0.3) is 16.6 Å². The van der Waals surface area contributed by atoms with Crippen molar-refractivity contribution in [1.82, 2.24) is 34.7 Å². The Bertz CT molecular complexity index is 1510. The predicted octanol–water partition coefficient (Wildman–Crippen LogP) is 4.88. The van der Waals surface area contributed by atoms with Gasteiger partial charge in [0.1, 0.15) is 23.8 Å². The van der Waals surface area contributed by atoms with E-state index in [1.807, 2.05) is 12.1 Å². The summed E-state index contributed by atoms with van der Waals surface area (Å²) >= 11 is 3.42. The zero-order valence-electron chi connectivity index (χ0n) is 19.1. The third-order valence-electron chi connectivity index (χ3n) is 6.67. The molecule has 0 atom stereocenters. The van der Waals surface area contributed by atoms with E-state index in [2.05, 4.69) is 46.3 Å². The summed E-state index contributed by atoms with van der Waals surface area (Å²) in [4.78, 5) is 11.2. The summed E-state index contributed by atoms with van der Waals surface area (Å²) in [5.74, 6) is 0.374. The van der Waals surface area contributed by atoms with Gasteiger partial charge in [0.05, 0.1) is 23.4 Å². The summed E-state index contributed by atoms with van der Waals surface area (Å²) in [6, 6.07) is 10.5. The van der Waals surface area contributed by atoms with E-state index in [0.29, 0.717) is 16.6 Å². The molecule has 1 aromatic carbocycles. The molecule has 0 saturated carbocycles. The Morgan fingerprint density at radius 2 is 1.83 bits per heavy atom. The third kappa shape index (κ3) is 4.34. The minimum absolute atomic E-state index is 0.129. The number of tetrazole rings is 1. The van der Waals surface area contributed by atoms with Gasteiger partial charge in [-0.15, -0.1) is 5.10 Å². The van der Waals surface area contributed by atoms with Gasteiger partial charge >= 0.3 is 0 Å². The number of nitrogens with zero attached hydrogens (tertiary/aromatic N) is 8. The summed E-state index contributed by atoms with van der Waals surface area (Å²) in [5.41, 5.74) is 2.07. The first-order chi connectivity index (χ1) is 17.5. The SMILES string of the molecule is Fc1cc(C2CCN(c3ccc(Br)cn3)CC2)cnc1Cn1ccc2cc(-n3cnnn3)cc(F)c21. The first kappa shape index (κ1) is 22.7. The van der Waals surface area contributed by atoms with Crippen molar-refractivity contribution >= 4 is 32.7 Å². The molecule has 11 heteroatoms. The number of hydrogen-bond donors (Lipinski definition) is 0. The lowest BCUT2D eigenvalue weighted by molar-refractivity contribution is 0.495. The van der Waals surface area contributed by atoms with E-state index in [1.165, 1.54) is 17.1 Å². The molecule has 0 spiro atoms. The van der Waals surface area contributed by atoms with Crippen molar-refractivity contribution in [2.45, 2.75) is 25.3 Å². The van der Waals surface area contributed by atoms with Gasteiger partial charge < -0.3 is 9.47 Å². The van der Waals surface area contributed by atoms with Gasteiger partial charge in [-0.05, 0) is 81.0 Å². The molecule has 0 aliphatic carbocycles. The minimum Gasteiger partial charge on any atom is -0.357 e. The number of benzene rings is 1. The van der Waals surface area contributed by atoms with Crippen LogP contribution in [0.15, 0.2) is 65.8 Å². The number of halogens is 3. The standard InChI is InChI=1S/C25H21BrF2N8/c26-19-1-2-24(30-13-19)34-6-3-16(4-7-34)18-10-21(27)23(29-12-18)14-35-8-5-17-9-20(11-22(28)25(17)35)36-15-31-32-33-36/h1-2,5,8-13,15-16H,3-4,6-7,14H2. The number of fused-ring (bicyclic) bond motifs is 1. The molecule has 5 aromatic rings. The number of rotatable bonds is 5. The number of piperidine rings is 1. The molecule has 0 unspecified atom stereocenters. The Morgan fingerprint density at radius 3 is 2.56 bits per heavy atom. The van der Waals surface area contributed by atoms with Crippen LogP contribution in [-0.2, 0) is 6.54 Å². The van der Waals surface area contributed by atoms with Crippen molar-refractivity contribution in [3.8, 4) is 5.69 Å². The van der Waals surface area contributed by atoms with Crippen LogP contribution in [0.5, 0.6) is 0 Å². The molecule has 5 heterocycles. The van der Waals surface area contributed by atoms with Gasteiger partial charge in [0, 0.05) is 47.6 Å². The number of hydrogen-bond acceptors (Lipinski definition) is 6. The molecule has 0 bridgehead atoms. The smallest absolute Gasteiger partial charge is 0.149 e. The largest absolute Gasteiger partial charge is 0.357 e. The molecule has 0 radical (unpaired) electrons. The van der Waals surface area contributed by atoms with E-state index in [-0.39, 0.29) is 24.0 Å². The number of anilines is 1. The van der Waals surface area contributed by atoms with Gasteiger partial charge in [-0.25, -0.2) is 18.4 Å². The third-order valence-corrected chi connectivity index (χ3v) is 7.14. The highest BCUT2D eigenvalue weighted by atomic mass is 79.9. The quantitative estimate of drug-likeness (QED) is 0.310. The fraction of sp³-hybridized carbons (Fsp3) is 0.240. The number of pyridine rings is 2. The number of aromatic nitrogens is 7. The molecule has 4 aromatic heterocycles. The van der Waals surface area contributed by atoms with Gasteiger partial charge in [0.15, 0.2) is 0 Å². The van der Waals surface area contributed by atoms with Gasteiger partial charge in [0.2, 0.25) is 0 Å². The van der Waals surface area contributed by atoms with Crippen LogP contribution in [0.2, 0.25) is 0 Å². The average Bonchev–Trinajstić information content (AvgIpc) is 3.57. The minimum atomic E-state index is -0.438. The summed E-state index contributed by atoms with van der Waals surface area (Å²) in [6.45, 7) is 1.83. The Labute approximate surface area is 213 Å². The van der Waals surface area contributed by atoms with Crippen LogP contribution in [0.1, 0.15) is 30.0 Å². The monoisotopic (exact) mass is 550 g/mol. The van der Waals surface area contributed by atoms with Crippen molar-refractivity contribution in [1.29, 1.82) is 0 Å². The molecular formula is C25H21BrF2N8. The molecule has 1 fully saturated rings. The second kappa shape index (κ2) is 9.38. The van der Waals surface area contributed by atoms with Crippen molar-refractivity contribution < 1.29 is 8.78 Å². The van der Waals surface area contributed by atoms with Crippen LogP contribution in [-0.4, -0.2) is 47.8 Å². The van der Waals surface area contributed by atoms with Crippen LogP contribution in [0.4, 0.5) is 14.6 Å². The summed E-state index contributed by atoms with van der Waals surface area (Å²) in [5, 5.41) is 11.7. The van der Waals surface area contributed by atoms with E-state index < -0.39 is 5.82 Å². The summed E-state index contributed by atoms with van der Waals surface area (Å²) in [7, 11) is 0. The van der Waals surface area contributed by atoms with E-state index in [9.17, 15) is 4.39 Å². The van der Waals surface area contributed by atoms with Crippen LogP contribution < -0.4 is 4.90 Å². The van der Waals surface area contributed by atoms with Gasteiger partial charge in [0.25, 0.3) is 0 Å². The lowest BCUT2D eigenvalue weighted by Gasteiger charge is -2.33. The summed E-state index contributed by atoms with van der Waals surface area (Å²) < 4.78 is 34.1. The molecule has 0 N–H and O–H groups in total. The average molecular weight is 551 g/mol. The van der Waals surface area contributed by atoms with E-state index in [0.717, 1.165) is 41.8 Å². The molecule has 0 amide bonds. The molecule has 8 nitrogen and oxygen atoms in total. The highest BCUT2D eigenvalue weighted by Gasteiger charge is 2.23.